The SMILES string of the molecule is O=C(O)[C@H]1O[C@](O)(Cl)[C@@](O)(Br)[C@@H](O)[C@@]1(O)C1(O)C=Nc2ccccc21. The Labute approximate surface area is 153 Å². The van der Waals surface area contributed by atoms with Gasteiger partial charge in [-0.25, -0.2) is 4.79 Å². The van der Waals surface area contributed by atoms with Crippen molar-refractivity contribution in [3.8, 4) is 0 Å². The third-order valence-electron chi connectivity index (χ3n) is 4.43. The second-order valence-corrected chi connectivity index (χ2v) is 7.56. The first kappa shape index (κ1) is 18.7. The van der Waals surface area contributed by atoms with E-state index in [-0.39, 0.29) is 11.3 Å². The van der Waals surface area contributed by atoms with Gasteiger partial charge in [-0.3, -0.25) is 4.99 Å². The standard InChI is InChI=1S/C14H13BrClNO8/c15-13(23)10(20)12(22,8(9(18)19)25-14(13,16)24)11(21)5-17-7-4-2-1-3-6(7)11/h1-5,8,10,20-24H,(H,18,19)/t8-,10+,11?,12-,13-,14+/m1/s1. The van der Waals surface area contributed by atoms with Gasteiger partial charge in [0.25, 0.3) is 5.25 Å². The molecule has 0 spiro atoms. The highest BCUT2D eigenvalue weighted by Crippen LogP contribution is 2.54. The topological polar surface area (TPSA) is 160 Å². The van der Waals surface area contributed by atoms with E-state index in [1.165, 1.54) is 18.2 Å². The van der Waals surface area contributed by atoms with Crippen LogP contribution >= 0.6 is 27.5 Å². The second-order valence-electron chi connectivity index (χ2n) is 5.84. The lowest BCUT2D eigenvalue weighted by atomic mass is 9.69. The van der Waals surface area contributed by atoms with E-state index in [1.54, 1.807) is 6.07 Å². The van der Waals surface area contributed by atoms with E-state index in [9.17, 15) is 35.4 Å². The number of aliphatic carboxylic acids is 1. The first-order chi connectivity index (χ1) is 11.4. The van der Waals surface area contributed by atoms with Gasteiger partial charge in [0.05, 0.1) is 5.69 Å². The maximum absolute atomic E-state index is 11.6. The van der Waals surface area contributed by atoms with Crippen LogP contribution in [0.2, 0.25) is 0 Å². The van der Waals surface area contributed by atoms with Crippen LogP contribution in [0.3, 0.4) is 0 Å². The monoisotopic (exact) mass is 437 g/mol. The molecule has 2 aliphatic heterocycles. The molecule has 2 heterocycles. The molecule has 11 heteroatoms. The van der Waals surface area contributed by atoms with Gasteiger partial charge in [-0.05, 0) is 22.0 Å². The number of para-hydroxylation sites is 1. The van der Waals surface area contributed by atoms with Crippen LogP contribution in [0.1, 0.15) is 5.56 Å². The Morgan fingerprint density at radius 3 is 2.44 bits per heavy atom. The van der Waals surface area contributed by atoms with Gasteiger partial charge in [-0.2, -0.15) is 0 Å². The highest BCUT2D eigenvalue weighted by molar-refractivity contribution is 9.10. The number of benzene rings is 1. The molecule has 3 rings (SSSR count). The Morgan fingerprint density at radius 1 is 1.24 bits per heavy atom. The van der Waals surface area contributed by atoms with Gasteiger partial charge in [0.15, 0.2) is 17.3 Å². The molecule has 1 saturated heterocycles. The molecule has 0 saturated carbocycles. The van der Waals surface area contributed by atoms with Crippen LogP contribution in [0.25, 0.3) is 0 Å². The van der Waals surface area contributed by atoms with Crippen molar-refractivity contribution in [1.29, 1.82) is 0 Å². The fourth-order valence-electron chi connectivity index (χ4n) is 3.04. The third-order valence-corrected chi connectivity index (χ3v) is 6.00. The number of nitrogens with zero attached hydrogens (tertiary/aromatic N) is 1. The number of ether oxygens (including phenoxy) is 1. The first-order valence-electron chi connectivity index (χ1n) is 6.90. The number of aliphatic hydroxyl groups excluding tert-OH is 1. The predicted octanol–water partition coefficient (Wildman–Crippen LogP) is -0.866. The van der Waals surface area contributed by atoms with Crippen molar-refractivity contribution in [2.75, 3.05) is 0 Å². The zero-order chi connectivity index (χ0) is 18.8. The smallest absolute Gasteiger partial charge is 0.336 e. The molecule has 1 fully saturated rings. The molecule has 0 aromatic heterocycles. The summed E-state index contributed by atoms with van der Waals surface area (Å²) in [6.07, 6.45) is -4.12. The Balaban J connectivity index is 2.24. The number of aliphatic hydroxyl groups is 5. The molecule has 1 aromatic rings. The van der Waals surface area contributed by atoms with Crippen molar-refractivity contribution < 1.29 is 40.2 Å². The minimum atomic E-state index is -3.12. The van der Waals surface area contributed by atoms with Crippen LogP contribution in [0.4, 0.5) is 5.69 Å². The number of fused-ring (bicyclic) bond motifs is 1. The molecule has 6 N–H and O–H groups in total. The molecule has 9 nitrogen and oxygen atoms in total. The maximum Gasteiger partial charge on any atom is 0.336 e. The molecule has 0 aliphatic carbocycles. The molecule has 1 unspecified atom stereocenters. The zero-order valence-electron chi connectivity index (χ0n) is 12.2. The Bertz CT molecular complexity index is 771. The number of aliphatic imine (C=N–C) groups is 1. The molecule has 2 aliphatic rings. The Hall–Kier alpha value is -1.11. The largest absolute Gasteiger partial charge is 0.479 e. The van der Waals surface area contributed by atoms with Crippen molar-refractivity contribution in [1.82, 2.24) is 0 Å². The molecule has 6 atom stereocenters. The Morgan fingerprint density at radius 2 is 1.84 bits per heavy atom. The lowest BCUT2D eigenvalue weighted by Crippen LogP contribution is -2.80. The summed E-state index contributed by atoms with van der Waals surface area (Å²) in [7, 11) is 0. The maximum atomic E-state index is 11.6. The summed E-state index contributed by atoms with van der Waals surface area (Å²) >= 11 is 8.10. The normalized spacial score (nSPS) is 46.0. The molecular weight excluding hydrogens is 426 g/mol. The number of hydrogen-bond donors (Lipinski definition) is 6. The minimum absolute atomic E-state index is 0.0327. The summed E-state index contributed by atoms with van der Waals surface area (Å²) in [6, 6.07) is 5.91. The van der Waals surface area contributed by atoms with Gasteiger partial charge in [-0.15, -0.1) is 0 Å². The highest BCUT2D eigenvalue weighted by atomic mass is 79.9. The molecule has 136 valence electrons. The Kier molecular flexibility index (Phi) is 4.07. The summed E-state index contributed by atoms with van der Waals surface area (Å²) in [6.45, 7) is 0. The lowest BCUT2D eigenvalue weighted by molar-refractivity contribution is -0.362. The molecule has 0 amide bonds. The van der Waals surface area contributed by atoms with Gasteiger partial charge < -0.3 is 35.4 Å². The fraction of sp³-hybridized carbons (Fsp3) is 0.429. The predicted molar refractivity (Wildman–Crippen MR) is 86.6 cm³/mol. The van der Waals surface area contributed by atoms with Crippen LogP contribution in [0.15, 0.2) is 29.3 Å². The molecule has 0 radical (unpaired) electrons. The van der Waals surface area contributed by atoms with Crippen LogP contribution in [-0.2, 0) is 15.1 Å². The zero-order valence-corrected chi connectivity index (χ0v) is 14.6. The van der Waals surface area contributed by atoms with Gasteiger partial charge in [0.1, 0.15) is 6.10 Å². The van der Waals surface area contributed by atoms with E-state index in [0.29, 0.717) is 0 Å². The minimum Gasteiger partial charge on any atom is -0.479 e. The van der Waals surface area contributed by atoms with Crippen molar-refractivity contribution in [3.05, 3.63) is 29.8 Å². The average Bonchev–Trinajstić information content (AvgIpc) is 2.89. The number of carboxylic acids is 1. The van der Waals surface area contributed by atoms with Crippen LogP contribution in [0.5, 0.6) is 0 Å². The van der Waals surface area contributed by atoms with E-state index in [2.05, 4.69) is 20.9 Å². The summed E-state index contributed by atoms with van der Waals surface area (Å²) < 4.78 is 1.79. The van der Waals surface area contributed by atoms with Crippen molar-refractivity contribution in [2.45, 2.75) is 33.2 Å². The average molecular weight is 439 g/mol. The third kappa shape index (κ3) is 2.23. The summed E-state index contributed by atoms with van der Waals surface area (Å²) in [5, 5.41) is 59.2. The quantitative estimate of drug-likeness (QED) is 0.325. The van der Waals surface area contributed by atoms with E-state index >= 15 is 0 Å². The number of rotatable bonds is 2. The molecule has 0 bridgehead atoms. The van der Waals surface area contributed by atoms with Crippen LogP contribution < -0.4 is 0 Å². The van der Waals surface area contributed by atoms with Crippen molar-refractivity contribution >= 4 is 45.4 Å². The number of alkyl halides is 2. The number of carbonyl (C=O) groups is 1. The van der Waals surface area contributed by atoms with E-state index < -0.39 is 39.1 Å². The molecule has 1 aromatic carbocycles. The number of halogens is 2. The van der Waals surface area contributed by atoms with Gasteiger partial charge in [0, 0.05) is 11.8 Å². The summed E-state index contributed by atoms with van der Waals surface area (Å²) in [5.74, 6) is -1.85. The van der Waals surface area contributed by atoms with Gasteiger partial charge in [-0.1, -0.05) is 29.8 Å². The molecule has 25 heavy (non-hydrogen) atoms. The van der Waals surface area contributed by atoms with Gasteiger partial charge >= 0.3 is 5.97 Å². The number of hydrogen-bond acceptors (Lipinski definition) is 8. The van der Waals surface area contributed by atoms with Crippen LogP contribution in [0, 0.1) is 0 Å². The van der Waals surface area contributed by atoms with E-state index in [1.807, 2.05) is 0 Å². The van der Waals surface area contributed by atoms with E-state index in [4.69, 9.17) is 16.3 Å². The van der Waals surface area contributed by atoms with Crippen molar-refractivity contribution in [3.63, 3.8) is 0 Å². The highest BCUT2D eigenvalue weighted by Gasteiger charge is 2.76. The summed E-state index contributed by atoms with van der Waals surface area (Å²) in [5.41, 5.74) is -5.47. The lowest BCUT2D eigenvalue weighted by Gasteiger charge is -2.55. The summed E-state index contributed by atoms with van der Waals surface area (Å²) in [4.78, 5) is 15.5. The van der Waals surface area contributed by atoms with Crippen LogP contribution in [-0.4, -0.2) is 70.4 Å². The number of carboxylic acid groups (broad SMARTS) is 1. The fourth-order valence-corrected chi connectivity index (χ4v) is 3.67. The van der Waals surface area contributed by atoms with Crippen molar-refractivity contribution in [2.24, 2.45) is 4.99 Å². The first-order valence-corrected chi connectivity index (χ1v) is 8.07. The van der Waals surface area contributed by atoms with Gasteiger partial charge in [0.2, 0.25) is 4.51 Å². The molecular formula is C14H13BrClNO8. The van der Waals surface area contributed by atoms with E-state index in [0.717, 1.165) is 6.21 Å². The second kappa shape index (κ2) is 5.44.